The molecular weight excluding hydrogens is 227 g/mol. The van der Waals surface area contributed by atoms with E-state index in [2.05, 4.69) is 0 Å². The molecule has 0 spiro atoms. The first kappa shape index (κ1) is 11.5. The van der Waals surface area contributed by atoms with Gasteiger partial charge in [-0.25, -0.2) is 4.39 Å². The van der Waals surface area contributed by atoms with Crippen LogP contribution in [0.25, 0.3) is 0 Å². The zero-order valence-electron chi connectivity index (χ0n) is 8.94. The van der Waals surface area contributed by atoms with E-state index < -0.39 is 11.9 Å². The molecule has 1 aromatic carbocycles. The maximum atomic E-state index is 13.6. The predicted octanol–water partition coefficient (Wildman–Crippen LogP) is 3.27. The summed E-state index contributed by atoms with van der Waals surface area (Å²) in [6, 6.07) is 4.73. The molecule has 0 bridgehead atoms. The van der Waals surface area contributed by atoms with E-state index in [1.807, 2.05) is 0 Å². The molecule has 1 fully saturated rings. The third kappa shape index (κ3) is 2.55. The van der Waals surface area contributed by atoms with Crippen LogP contribution in [-0.4, -0.2) is 16.3 Å². The number of rotatable bonds is 4. The van der Waals surface area contributed by atoms with E-state index in [4.69, 9.17) is 5.11 Å². The van der Waals surface area contributed by atoms with E-state index in [9.17, 15) is 9.18 Å². The van der Waals surface area contributed by atoms with Crippen LogP contribution in [0.1, 0.15) is 31.2 Å². The van der Waals surface area contributed by atoms with Crippen molar-refractivity contribution in [2.24, 2.45) is 0 Å². The smallest absolute Gasteiger partial charge is 0.310 e. The molecule has 0 amide bonds. The molecule has 1 aliphatic rings. The largest absolute Gasteiger partial charge is 0.481 e. The zero-order chi connectivity index (χ0) is 11.7. The van der Waals surface area contributed by atoms with Gasteiger partial charge in [0.05, 0.1) is 5.92 Å². The molecule has 2 rings (SSSR count). The van der Waals surface area contributed by atoms with Crippen LogP contribution in [0.3, 0.4) is 0 Å². The fraction of sp³-hybridized carbons (Fsp3) is 0.417. The van der Waals surface area contributed by atoms with Crippen LogP contribution < -0.4 is 0 Å². The maximum absolute atomic E-state index is 13.6. The Labute approximate surface area is 97.9 Å². The number of halogens is 1. The van der Waals surface area contributed by atoms with E-state index in [0.717, 1.165) is 12.8 Å². The molecule has 0 aliphatic heterocycles. The number of hydrogen-bond donors (Lipinski definition) is 1. The summed E-state index contributed by atoms with van der Waals surface area (Å²) in [6.45, 7) is 1.56. The van der Waals surface area contributed by atoms with Crippen LogP contribution in [0.2, 0.25) is 0 Å². The standard InChI is InChI=1S/C12H13FO2S/c1-7(12(14)15)8-2-5-11(10(13)6-8)16-9-3-4-9/h2,5-7,9H,3-4H2,1H3,(H,14,15). The fourth-order valence-electron chi connectivity index (χ4n) is 1.39. The molecule has 2 nitrogen and oxygen atoms in total. The van der Waals surface area contributed by atoms with Gasteiger partial charge in [-0.15, -0.1) is 11.8 Å². The third-order valence-corrected chi connectivity index (χ3v) is 4.03. The summed E-state index contributed by atoms with van der Waals surface area (Å²) in [4.78, 5) is 11.4. The molecule has 0 radical (unpaired) electrons. The molecule has 0 heterocycles. The number of carbonyl (C=O) groups is 1. The molecule has 4 heteroatoms. The minimum absolute atomic E-state index is 0.303. The van der Waals surface area contributed by atoms with Gasteiger partial charge in [0.2, 0.25) is 0 Å². The van der Waals surface area contributed by atoms with Crippen LogP contribution in [-0.2, 0) is 4.79 Å². The summed E-state index contributed by atoms with van der Waals surface area (Å²) < 4.78 is 13.6. The molecule has 0 aromatic heterocycles. The lowest BCUT2D eigenvalue weighted by Gasteiger charge is -2.08. The van der Waals surface area contributed by atoms with Crippen LogP contribution in [0.4, 0.5) is 4.39 Å². The van der Waals surface area contributed by atoms with Gasteiger partial charge in [0, 0.05) is 10.1 Å². The summed E-state index contributed by atoms with van der Waals surface area (Å²) in [7, 11) is 0. The Morgan fingerprint density at radius 2 is 2.25 bits per heavy atom. The van der Waals surface area contributed by atoms with E-state index in [1.54, 1.807) is 30.8 Å². The second-order valence-electron chi connectivity index (χ2n) is 4.07. The van der Waals surface area contributed by atoms with Crippen molar-refractivity contribution in [3.8, 4) is 0 Å². The Kier molecular flexibility index (Phi) is 3.19. The first-order valence-corrected chi connectivity index (χ1v) is 6.15. The number of thioether (sulfide) groups is 1. The Morgan fingerprint density at radius 3 is 2.75 bits per heavy atom. The van der Waals surface area contributed by atoms with Crippen molar-refractivity contribution in [2.75, 3.05) is 0 Å². The maximum Gasteiger partial charge on any atom is 0.310 e. The molecule has 1 aromatic rings. The number of hydrogen-bond acceptors (Lipinski definition) is 2. The Balaban J connectivity index is 2.17. The zero-order valence-corrected chi connectivity index (χ0v) is 9.76. The monoisotopic (exact) mass is 240 g/mol. The highest BCUT2D eigenvalue weighted by Gasteiger charge is 2.24. The summed E-state index contributed by atoms with van der Waals surface area (Å²) in [6.07, 6.45) is 2.30. The van der Waals surface area contributed by atoms with Crippen molar-refractivity contribution in [2.45, 2.75) is 35.8 Å². The number of benzene rings is 1. The average Bonchev–Trinajstić information content (AvgIpc) is 3.03. The number of carboxylic acid groups (broad SMARTS) is 1. The predicted molar refractivity (Wildman–Crippen MR) is 61.3 cm³/mol. The van der Waals surface area contributed by atoms with Gasteiger partial charge in [-0.1, -0.05) is 6.07 Å². The molecule has 1 N–H and O–H groups in total. The van der Waals surface area contributed by atoms with Crippen molar-refractivity contribution in [1.29, 1.82) is 0 Å². The molecule has 0 saturated heterocycles. The summed E-state index contributed by atoms with van der Waals surface area (Å²) in [5, 5.41) is 9.38. The lowest BCUT2D eigenvalue weighted by Crippen LogP contribution is -2.07. The first-order valence-electron chi connectivity index (χ1n) is 5.27. The van der Waals surface area contributed by atoms with Crippen LogP contribution in [0.15, 0.2) is 23.1 Å². The Hall–Kier alpha value is -1.03. The minimum Gasteiger partial charge on any atom is -0.481 e. The van der Waals surface area contributed by atoms with Gasteiger partial charge in [0.15, 0.2) is 0 Å². The topological polar surface area (TPSA) is 37.3 Å². The highest BCUT2D eigenvalue weighted by atomic mass is 32.2. The van der Waals surface area contributed by atoms with Crippen LogP contribution in [0, 0.1) is 5.82 Å². The number of aliphatic carboxylic acids is 1. The van der Waals surface area contributed by atoms with Gasteiger partial charge in [-0.2, -0.15) is 0 Å². The highest BCUT2D eigenvalue weighted by Crippen LogP contribution is 2.40. The number of carboxylic acids is 1. The normalized spacial score (nSPS) is 17.1. The minimum atomic E-state index is -0.929. The first-order chi connectivity index (χ1) is 7.58. The van der Waals surface area contributed by atoms with Crippen LogP contribution in [0.5, 0.6) is 0 Å². The van der Waals surface area contributed by atoms with E-state index in [-0.39, 0.29) is 5.82 Å². The fourth-order valence-corrected chi connectivity index (χ4v) is 2.44. The molecule has 1 unspecified atom stereocenters. The van der Waals surface area contributed by atoms with Crippen LogP contribution >= 0.6 is 11.8 Å². The van der Waals surface area contributed by atoms with Crippen molar-refractivity contribution < 1.29 is 14.3 Å². The van der Waals surface area contributed by atoms with Gasteiger partial charge in [-0.05, 0) is 37.5 Å². The highest BCUT2D eigenvalue weighted by molar-refractivity contribution is 8.00. The summed E-state index contributed by atoms with van der Waals surface area (Å²) in [5.41, 5.74) is 0.519. The Morgan fingerprint density at radius 1 is 1.56 bits per heavy atom. The molecule has 86 valence electrons. The second kappa shape index (κ2) is 4.45. The SMILES string of the molecule is CC(C(=O)O)c1ccc(SC2CC2)c(F)c1. The van der Waals surface area contributed by atoms with Gasteiger partial charge in [-0.3, -0.25) is 4.79 Å². The molecule has 1 aliphatic carbocycles. The van der Waals surface area contributed by atoms with Gasteiger partial charge in [0.25, 0.3) is 0 Å². The summed E-state index contributed by atoms with van der Waals surface area (Å²) >= 11 is 1.54. The van der Waals surface area contributed by atoms with Crippen molar-refractivity contribution in [1.82, 2.24) is 0 Å². The lowest BCUT2D eigenvalue weighted by atomic mass is 10.0. The average molecular weight is 240 g/mol. The van der Waals surface area contributed by atoms with Crippen molar-refractivity contribution in [3.63, 3.8) is 0 Å². The molecule has 1 saturated carbocycles. The third-order valence-electron chi connectivity index (χ3n) is 2.64. The van der Waals surface area contributed by atoms with E-state index in [1.165, 1.54) is 6.07 Å². The lowest BCUT2D eigenvalue weighted by molar-refractivity contribution is -0.138. The van der Waals surface area contributed by atoms with Crippen molar-refractivity contribution >= 4 is 17.7 Å². The Bertz CT molecular complexity index is 415. The molecular formula is C12H13FO2S. The second-order valence-corrected chi connectivity index (χ2v) is 5.41. The van der Waals surface area contributed by atoms with E-state index in [0.29, 0.717) is 15.7 Å². The van der Waals surface area contributed by atoms with Gasteiger partial charge in [0.1, 0.15) is 5.82 Å². The van der Waals surface area contributed by atoms with Gasteiger partial charge >= 0.3 is 5.97 Å². The van der Waals surface area contributed by atoms with Crippen molar-refractivity contribution in [3.05, 3.63) is 29.6 Å². The summed E-state index contributed by atoms with van der Waals surface area (Å²) in [5.74, 6) is -1.89. The molecule has 16 heavy (non-hydrogen) atoms. The quantitative estimate of drug-likeness (QED) is 0.877. The molecule has 1 atom stereocenters. The van der Waals surface area contributed by atoms with E-state index >= 15 is 0 Å². The van der Waals surface area contributed by atoms with Gasteiger partial charge < -0.3 is 5.11 Å².